The summed E-state index contributed by atoms with van der Waals surface area (Å²) >= 11 is 3.53. The molecule has 4 N–H and O–H groups in total. The molecule has 4 aromatic rings. The van der Waals surface area contributed by atoms with E-state index in [0.29, 0.717) is 58.1 Å². The summed E-state index contributed by atoms with van der Waals surface area (Å²) in [6, 6.07) is 1.68. The molecule has 1 saturated heterocycles. The van der Waals surface area contributed by atoms with E-state index in [0.717, 1.165) is 5.39 Å². The lowest BCUT2D eigenvalue weighted by Gasteiger charge is -2.33. The minimum atomic E-state index is -0.205. The van der Waals surface area contributed by atoms with Crippen LogP contribution in [0, 0.1) is 0 Å². The van der Waals surface area contributed by atoms with Crippen molar-refractivity contribution in [3.63, 3.8) is 0 Å². The van der Waals surface area contributed by atoms with Crippen LogP contribution in [-0.4, -0.2) is 71.8 Å². The number of anilines is 2. The van der Waals surface area contributed by atoms with Crippen molar-refractivity contribution in [2.24, 2.45) is 0 Å². The highest BCUT2D eigenvalue weighted by Crippen LogP contribution is 2.35. The maximum atomic E-state index is 13.1. The van der Waals surface area contributed by atoms with E-state index in [1.165, 1.54) is 6.33 Å². The molecule has 154 valence electrons. The molecule has 1 amide bonds. The largest absolute Gasteiger partial charge is 0.492 e. The summed E-state index contributed by atoms with van der Waals surface area (Å²) < 4.78 is 5.97. The van der Waals surface area contributed by atoms with Crippen molar-refractivity contribution in [3.8, 4) is 5.88 Å². The van der Waals surface area contributed by atoms with Crippen LogP contribution in [0.3, 0.4) is 0 Å². The van der Waals surface area contributed by atoms with Gasteiger partial charge in [-0.25, -0.2) is 9.97 Å². The number of rotatable bonds is 3. The predicted molar refractivity (Wildman–Crippen MR) is 112 cm³/mol. The number of aromatic hydroxyl groups is 1. The van der Waals surface area contributed by atoms with Crippen molar-refractivity contribution in [1.82, 2.24) is 35.0 Å². The zero-order valence-corrected chi connectivity index (χ0v) is 17.4. The van der Waals surface area contributed by atoms with E-state index in [4.69, 9.17) is 4.74 Å². The third kappa shape index (κ3) is 3.04. The van der Waals surface area contributed by atoms with Crippen LogP contribution >= 0.6 is 15.9 Å². The number of aromatic amines is 2. The van der Waals surface area contributed by atoms with Crippen molar-refractivity contribution >= 4 is 55.4 Å². The van der Waals surface area contributed by atoms with Crippen molar-refractivity contribution in [2.75, 3.05) is 25.1 Å². The van der Waals surface area contributed by atoms with Crippen LogP contribution in [0.15, 0.2) is 23.1 Å². The molecule has 11 nitrogen and oxygen atoms in total. The average molecular weight is 473 g/mol. The number of nitrogens with zero attached hydrogens (tertiary/aromatic N) is 5. The highest BCUT2D eigenvalue weighted by atomic mass is 79.9. The van der Waals surface area contributed by atoms with Crippen molar-refractivity contribution in [3.05, 3.63) is 28.8 Å². The smallest absolute Gasteiger partial charge is 0.271 e. The summed E-state index contributed by atoms with van der Waals surface area (Å²) in [7, 11) is 0. The van der Waals surface area contributed by atoms with E-state index in [9.17, 15) is 9.90 Å². The molecule has 0 radical (unpaired) electrons. The van der Waals surface area contributed by atoms with Crippen LogP contribution in [0.5, 0.6) is 5.88 Å². The number of halogens is 1. The molecule has 4 aromatic heterocycles. The molecule has 12 heteroatoms. The zero-order valence-electron chi connectivity index (χ0n) is 15.8. The number of hydrogen-bond donors (Lipinski definition) is 4. The fourth-order valence-corrected chi connectivity index (χ4v) is 4.13. The number of H-pyrrole nitrogens is 2. The lowest BCUT2D eigenvalue weighted by atomic mass is 10.2. The van der Waals surface area contributed by atoms with Gasteiger partial charge < -0.3 is 25.0 Å². The van der Waals surface area contributed by atoms with Crippen molar-refractivity contribution < 1.29 is 14.6 Å². The fraction of sp³-hybridized carbons (Fsp3) is 0.278. The van der Waals surface area contributed by atoms with Crippen LogP contribution < -0.4 is 5.32 Å². The van der Waals surface area contributed by atoms with Crippen molar-refractivity contribution in [1.29, 1.82) is 0 Å². The van der Waals surface area contributed by atoms with E-state index in [1.54, 1.807) is 17.2 Å². The standard InChI is InChI=1S/C18H17BrN8O3/c1-8-6-30-3-2-27(8)18(29)13-12(19)11-15(20-7-21-16(11)24-13)23-10-4-9-5-22-26-14(9)25-17(10)28/h4-5,7-8H,2-3,6H2,1H3,(H2,20,21,23,24)(H2,22,25,26,28)/t8-/m0/s1. The second-order valence-electron chi connectivity index (χ2n) is 6.97. The molecule has 1 aliphatic heterocycles. The van der Waals surface area contributed by atoms with Gasteiger partial charge in [-0.1, -0.05) is 0 Å². The van der Waals surface area contributed by atoms with Gasteiger partial charge in [0.05, 0.1) is 35.3 Å². The van der Waals surface area contributed by atoms with Gasteiger partial charge in [-0.05, 0) is 28.9 Å². The molecule has 0 spiro atoms. The summed E-state index contributed by atoms with van der Waals surface area (Å²) in [4.78, 5) is 30.6. The Labute approximate surface area is 178 Å². The molecule has 1 aliphatic rings. The lowest BCUT2D eigenvalue weighted by Crippen LogP contribution is -2.47. The first-order valence-electron chi connectivity index (χ1n) is 9.24. The van der Waals surface area contributed by atoms with Crippen molar-refractivity contribution in [2.45, 2.75) is 13.0 Å². The quantitative estimate of drug-likeness (QED) is 0.355. The second kappa shape index (κ2) is 7.22. The number of carbonyl (C=O) groups excluding carboxylic acids is 1. The minimum Gasteiger partial charge on any atom is -0.492 e. The number of aromatic nitrogens is 6. The lowest BCUT2D eigenvalue weighted by molar-refractivity contribution is 0.00327. The topological polar surface area (TPSA) is 145 Å². The summed E-state index contributed by atoms with van der Waals surface area (Å²) in [6.07, 6.45) is 2.98. The Balaban J connectivity index is 1.55. The number of fused-ring (bicyclic) bond motifs is 2. The van der Waals surface area contributed by atoms with Gasteiger partial charge in [0.15, 0.2) is 5.65 Å². The Morgan fingerprint density at radius 1 is 1.40 bits per heavy atom. The normalized spacial score (nSPS) is 17.0. The molecular formula is C18H17BrN8O3. The zero-order chi connectivity index (χ0) is 20.8. The van der Waals surface area contributed by atoms with Crippen LogP contribution in [0.1, 0.15) is 17.4 Å². The second-order valence-corrected chi connectivity index (χ2v) is 7.77. The van der Waals surface area contributed by atoms with Gasteiger partial charge in [-0.15, -0.1) is 0 Å². The minimum absolute atomic E-state index is 0.0297. The summed E-state index contributed by atoms with van der Waals surface area (Å²) in [6.45, 7) is 3.47. The molecule has 0 bridgehead atoms. The number of amides is 1. The fourth-order valence-electron chi connectivity index (χ4n) is 3.49. The highest BCUT2D eigenvalue weighted by molar-refractivity contribution is 9.10. The number of ether oxygens (including phenoxy) is 1. The van der Waals surface area contributed by atoms with Gasteiger partial charge in [0.1, 0.15) is 29.2 Å². The number of carbonyl (C=O) groups is 1. The summed E-state index contributed by atoms with van der Waals surface area (Å²) in [5.41, 5.74) is 1.70. The van der Waals surface area contributed by atoms with Gasteiger partial charge >= 0.3 is 0 Å². The number of morpholine rings is 1. The molecular weight excluding hydrogens is 456 g/mol. The van der Waals surface area contributed by atoms with Crippen LogP contribution in [0.4, 0.5) is 11.5 Å². The molecule has 0 aromatic carbocycles. The Morgan fingerprint density at radius 2 is 2.27 bits per heavy atom. The first kappa shape index (κ1) is 18.8. The maximum absolute atomic E-state index is 13.1. The van der Waals surface area contributed by atoms with E-state index >= 15 is 0 Å². The van der Waals surface area contributed by atoms with Crippen LogP contribution in [0.2, 0.25) is 0 Å². The first-order valence-corrected chi connectivity index (χ1v) is 10.0. The number of nitrogens with one attached hydrogen (secondary N) is 3. The Hall–Kier alpha value is -3.25. The molecule has 0 unspecified atom stereocenters. The summed E-state index contributed by atoms with van der Waals surface area (Å²) in [5, 5.41) is 21.3. The van der Waals surface area contributed by atoms with E-state index in [2.05, 4.69) is 51.4 Å². The third-order valence-electron chi connectivity index (χ3n) is 5.03. The SMILES string of the molecule is C[C@H]1COCCN1C(=O)c1[nH]c2ncnc(Nc3cc4cn[nH]c4nc3O)c2c1Br. The van der Waals surface area contributed by atoms with E-state index in [-0.39, 0.29) is 17.8 Å². The van der Waals surface area contributed by atoms with E-state index < -0.39 is 0 Å². The molecule has 1 fully saturated rings. The van der Waals surface area contributed by atoms with E-state index in [1.807, 2.05) is 6.92 Å². The monoisotopic (exact) mass is 472 g/mol. The van der Waals surface area contributed by atoms with Gasteiger partial charge in [-0.2, -0.15) is 10.1 Å². The predicted octanol–water partition coefficient (Wildman–Crippen LogP) is 2.30. The molecule has 1 atom stereocenters. The Bertz CT molecular complexity index is 1270. The van der Waals surface area contributed by atoms with Gasteiger partial charge in [0, 0.05) is 11.9 Å². The number of pyridine rings is 1. The average Bonchev–Trinajstić information content (AvgIpc) is 3.32. The molecule has 0 aliphatic carbocycles. The summed E-state index contributed by atoms with van der Waals surface area (Å²) in [5.74, 6) is 0.0618. The molecule has 5 rings (SSSR count). The van der Waals surface area contributed by atoms with Gasteiger partial charge in [-0.3, -0.25) is 9.89 Å². The molecule has 5 heterocycles. The Kier molecular flexibility index (Phi) is 4.51. The van der Waals surface area contributed by atoms with Gasteiger partial charge in [0.2, 0.25) is 5.88 Å². The molecule has 30 heavy (non-hydrogen) atoms. The first-order chi connectivity index (χ1) is 14.5. The number of hydrogen-bond acceptors (Lipinski definition) is 8. The molecule has 0 saturated carbocycles. The third-order valence-corrected chi connectivity index (χ3v) is 5.82. The highest BCUT2D eigenvalue weighted by Gasteiger charge is 2.29. The Morgan fingerprint density at radius 3 is 3.10 bits per heavy atom. The van der Waals surface area contributed by atoms with Crippen LogP contribution in [-0.2, 0) is 4.74 Å². The maximum Gasteiger partial charge on any atom is 0.271 e. The van der Waals surface area contributed by atoms with Crippen LogP contribution in [0.25, 0.3) is 22.1 Å². The van der Waals surface area contributed by atoms with Gasteiger partial charge in [0.25, 0.3) is 5.91 Å².